The number of rotatable bonds is 10. The van der Waals surface area contributed by atoms with Crippen molar-refractivity contribution in [2.24, 2.45) is 11.7 Å². The molecule has 1 fully saturated rings. The Morgan fingerprint density at radius 3 is 2.48 bits per heavy atom. The fourth-order valence-electron chi connectivity index (χ4n) is 2.06. The second-order valence-electron chi connectivity index (χ2n) is 5.37. The molecule has 1 unspecified atom stereocenters. The monoisotopic (exact) mass is 364 g/mol. The standard InChI is InChI=1S/C15H24N2O4S.ClH/c1-2-20-9-10-21-13-5-7-14(8-6-13)22(18,19)17-11-15(16)12-3-4-12;/h5-8,12,15,17H,2-4,9-11,16H2,1H3;1H. The number of hydrogen-bond donors (Lipinski definition) is 2. The molecule has 0 amide bonds. The number of sulfonamides is 1. The van der Waals surface area contributed by atoms with E-state index in [1.807, 2.05) is 6.92 Å². The summed E-state index contributed by atoms with van der Waals surface area (Å²) in [5, 5.41) is 0. The van der Waals surface area contributed by atoms with Gasteiger partial charge in [0.15, 0.2) is 0 Å². The fourth-order valence-corrected chi connectivity index (χ4v) is 3.13. The molecule has 1 aromatic rings. The summed E-state index contributed by atoms with van der Waals surface area (Å²) in [4.78, 5) is 0.215. The molecule has 3 N–H and O–H groups in total. The van der Waals surface area contributed by atoms with Crippen LogP contribution in [-0.2, 0) is 14.8 Å². The van der Waals surface area contributed by atoms with Crippen molar-refractivity contribution in [3.63, 3.8) is 0 Å². The maximum absolute atomic E-state index is 12.2. The molecule has 8 heteroatoms. The van der Waals surface area contributed by atoms with Crippen LogP contribution in [0.15, 0.2) is 29.2 Å². The van der Waals surface area contributed by atoms with E-state index in [0.717, 1.165) is 12.8 Å². The summed E-state index contributed by atoms with van der Waals surface area (Å²) in [5.74, 6) is 1.08. The van der Waals surface area contributed by atoms with Crippen LogP contribution in [0.4, 0.5) is 0 Å². The van der Waals surface area contributed by atoms with Crippen molar-refractivity contribution in [3.8, 4) is 5.75 Å². The summed E-state index contributed by atoms with van der Waals surface area (Å²) < 4.78 is 37.5. The largest absolute Gasteiger partial charge is 0.491 e. The third kappa shape index (κ3) is 6.64. The average Bonchev–Trinajstić information content (AvgIpc) is 3.35. The lowest BCUT2D eigenvalue weighted by molar-refractivity contribution is 0.110. The van der Waals surface area contributed by atoms with E-state index in [1.165, 1.54) is 12.1 Å². The number of halogens is 1. The normalized spacial score (nSPS) is 15.7. The van der Waals surface area contributed by atoms with Crippen molar-refractivity contribution < 1.29 is 17.9 Å². The second kappa shape index (κ2) is 9.44. The minimum atomic E-state index is -3.52. The molecule has 1 aliphatic rings. The lowest BCUT2D eigenvalue weighted by Crippen LogP contribution is -2.38. The Morgan fingerprint density at radius 1 is 1.26 bits per heavy atom. The predicted molar refractivity (Wildman–Crippen MR) is 91.6 cm³/mol. The Bertz CT molecular complexity index is 561. The van der Waals surface area contributed by atoms with E-state index >= 15 is 0 Å². The van der Waals surface area contributed by atoms with Crippen LogP contribution < -0.4 is 15.2 Å². The molecule has 23 heavy (non-hydrogen) atoms. The second-order valence-corrected chi connectivity index (χ2v) is 7.14. The fraction of sp³-hybridized carbons (Fsp3) is 0.600. The van der Waals surface area contributed by atoms with Crippen molar-refractivity contribution in [3.05, 3.63) is 24.3 Å². The van der Waals surface area contributed by atoms with Gasteiger partial charge in [-0.1, -0.05) is 0 Å². The highest BCUT2D eigenvalue weighted by atomic mass is 35.5. The summed E-state index contributed by atoms with van der Waals surface area (Å²) in [5.41, 5.74) is 5.91. The van der Waals surface area contributed by atoms with E-state index in [1.54, 1.807) is 12.1 Å². The lowest BCUT2D eigenvalue weighted by Gasteiger charge is -2.12. The van der Waals surface area contributed by atoms with E-state index in [9.17, 15) is 8.42 Å². The lowest BCUT2D eigenvalue weighted by atomic mass is 10.2. The van der Waals surface area contributed by atoms with Crippen LogP contribution >= 0.6 is 12.4 Å². The molecule has 0 spiro atoms. The van der Waals surface area contributed by atoms with Crippen LogP contribution in [-0.4, -0.2) is 40.8 Å². The first-order valence-corrected chi connectivity index (χ1v) is 9.07. The highest BCUT2D eigenvalue weighted by Gasteiger charge is 2.29. The number of nitrogens with two attached hydrogens (primary N) is 1. The molecule has 0 saturated heterocycles. The van der Waals surface area contributed by atoms with Gasteiger partial charge in [0.2, 0.25) is 10.0 Å². The molecule has 0 radical (unpaired) electrons. The van der Waals surface area contributed by atoms with Gasteiger partial charge in [-0.15, -0.1) is 12.4 Å². The van der Waals surface area contributed by atoms with Crippen molar-refractivity contribution in [2.75, 3.05) is 26.4 Å². The van der Waals surface area contributed by atoms with E-state index < -0.39 is 10.0 Å². The smallest absolute Gasteiger partial charge is 0.240 e. The molecule has 1 aliphatic carbocycles. The van der Waals surface area contributed by atoms with Gasteiger partial charge in [-0.05, 0) is 49.9 Å². The Hall–Kier alpha value is -0.860. The third-order valence-corrected chi connectivity index (χ3v) is 5.01. The predicted octanol–water partition coefficient (Wildman–Crippen LogP) is 1.54. The van der Waals surface area contributed by atoms with Gasteiger partial charge in [0.05, 0.1) is 11.5 Å². The molecule has 0 heterocycles. The van der Waals surface area contributed by atoms with Crippen molar-refractivity contribution in [1.82, 2.24) is 4.72 Å². The van der Waals surface area contributed by atoms with Gasteiger partial charge in [-0.25, -0.2) is 13.1 Å². The molecule has 1 saturated carbocycles. The molecule has 1 atom stereocenters. The Labute approximate surface area is 144 Å². The van der Waals surface area contributed by atoms with Crippen LogP contribution in [0.1, 0.15) is 19.8 Å². The summed E-state index contributed by atoms with van der Waals surface area (Å²) in [6.07, 6.45) is 2.19. The number of ether oxygens (including phenoxy) is 2. The van der Waals surface area contributed by atoms with E-state index in [-0.39, 0.29) is 29.9 Å². The Balaban J connectivity index is 0.00000264. The first-order valence-electron chi connectivity index (χ1n) is 7.59. The van der Waals surface area contributed by atoms with Gasteiger partial charge in [-0.3, -0.25) is 0 Å². The molecular weight excluding hydrogens is 340 g/mol. The van der Waals surface area contributed by atoms with Crippen molar-refractivity contribution in [1.29, 1.82) is 0 Å². The summed E-state index contributed by atoms with van der Waals surface area (Å²) >= 11 is 0. The molecule has 6 nitrogen and oxygen atoms in total. The minimum absolute atomic E-state index is 0. The molecular formula is C15H25ClN2O4S. The third-order valence-electron chi connectivity index (χ3n) is 3.57. The maximum atomic E-state index is 12.2. The van der Waals surface area contributed by atoms with Gasteiger partial charge in [0.25, 0.3) is 0 Å². The van der Waals surface area contributed by atoms with Gasteiger partial charge in [0.1, 0.15) is 12.4 Å². The first kappa shape index (κ1) is 20.2. The van der Waals surface area contributed by atoms with E-state index in [4.69, 9.17) is 15.2 Å². The molecule has 132 valence electrons. The van der Waals surface area contributed by atoms with Crippen LogP contribution in [0.25, 0.3) is 0 Å². The zero-order valence-corrected chi connectivity index (χ0v) is 14.9. The number of nitrogens with one attached hydrogen (secondary N) is 1. The summed E-state index contributed by atoms with van der Waals surface area (Å²) in [6, 6.07) is 6.24. The van der Waals surface area contributed by atoms with E-state index in [0.29, 0.717) is 31.5 Å². The molecule has 0 aliphatic heterocycles. The van der Waals surface area contributed by atoms with Gasteiger partial charge >= 0.3 is 0 Å². The van der Waals surface area contributed by atoms with Crippen LogP contribution in [0, 0.1) is 5.92 Å². The average molecular weight is 365 g/mol. The topological polar surface area (TPSA) is 90.6 Å². The van der Waals surface area contributed by atoms with Crippen LogP contribution in [0.3, 0.4) is 0 Å². The highest BCUT2D eigenvalue weighted by molar-refractivity contribution is 7.89. The Kier molecular flexibility index (Phi) is 8.28. The summed E-state index contributed by atoms with van der Waals surface area (Å²) in [7, 11) is -3.52. The number of benzene rings is 1. The zero-order valence-electron chi connectivity index (χ0n) is 13.2. The Morgan fingerprint density at radius 2 is 1.91 bits per heavy atom. The molecule has 2 rings (SSSR count). The summed E-state index contributed by atoms with van der Waals surface area (Å²) in [6.45, 7) is 3.79. The zero-order chi connectivity index (χ0) is 16.0. The SMILES string of the molecule is CCOCCOc1ccc(S(=O)(=O)NCC(N)C2CC2)cc1.Cl. The van der Waals surface area contributed by atoms with Gasteiger partial charge in [-0.2, -0.15) is 0 Å². The first-order chi connectivity index (χ1) is 10.5. The quantitative estimate of drug-likeness (QED) is 0.614. The number of hydrogen-bond acceptors (Lipinski definition) is 5. The van der Waals surface area contributed by atoms with Gasteiger partial charge < -0.3 is 15.2 Å². The molecule has 0 bridgehead atoms. The van der Waals surface area contributed by atoms with Crippen LogP contribution in [0.2, 0.25) is 0 Å². The van der Waals surface area contributed by atoms with E-state index in [2.05, 4.69) is 4.72 Å². The van der Waals surface area contributed by atoms with Crippen molar-refractivity contribution >= 4 is 22.4 Å². The van der Waals surface area contributed by atoms with Crippen molar-refractivity contribution in [2.45, 2.75) is 30.7 Å². The highest BCUT2D eigenvalue weighted by Crippen LogP contribution is 2.31. The maximum Gasteiger partial charge on any atom is 0.240 e. The van der Waals surface area contributed by atoms with Crippen LogP contribution in [0.5, 0.6) is 5.75 Å². The molecule has 0 aromatic heterocycles. The minimum Gasteiger partial charge on any atom is -0.491 e. The van der Waals surface area contributed by atoms with Gasteiger partial charge in [0, 0.05) is 19.2 Å². The molecule has 1 aromatic carbocycles.